The fourth-order valence-corrected chi connectivity index (χ4v) is 2.47. The maximum absolute atomic E-state index is 12.2. The van der Waals surface area contributed by atoms with Crippen LogP contribution >= 0.6 is 0 Å². The Morgan fingerprint density at radius 3 is 2.74 bits per heavy atom. The van der Waals surface area contributed by atoms with E-state index in [0.29, 0.717) is 19.4 Å². The molecule has 0 radical (unpaired) electrons. The first-order valence-corrected chi connectivity index (χ1v) is 6.62. The van der Waals surface area contributed by atoms with Crippen LogP contribution in [0.1, 0.15) is 26.0 Å². The van der Waals surface area contributed by atoms with Crippen molar-refractivity contribution in [2.45, 2.75) is 38.8 Å². The van der Waals surface area contributed by atoms with E-state index >= 15 is 0 Å². The molecule has 0 bridgehead atoms. The third kappa shape index (κ3) is 2.62. The number of carbonyl (C=O) groups is 2. The van der Waals surface area contributed by atoms with Gasteiger partial charge in [0.1, 0.15) is 12.1 Å². The van der Waals surface area contributed by atoms with Gasteiger partial charge < -0.3 is 10.2 Å². The second kappa shape index (κ2) is 5.42. The Hall–Kier alpha value is -1.85. The number of hydrogen-bond acceptors (Lipinski definition) is 3. The van der Waals surface area contributed by atoms with Crippen LogP contribution < -0.4 is 5.32 Å². The zero-order valence-electron chi connectivity index (χ0n) is 11.6. The van der Waals surface area contributed by atoms with Crippen molar-refractivity contribution in [2.75, 3.05) is 6.54 Å². The van der Waals surface area contributed by atoms with Gasteiger partial charge in [-0.05, 0) is 19.4 Å². The Labute approximate surface area is 112 Å². The van der Waals surface area contributed by atoms with Crippen LogP contribution in [0, 0.1) is 0 Å². The monoisotopic (exact) mass is 264 g/mol. The van der Waals surface area contributed by atoms with E-state index in [0.717, 1.165) is 5.69 Å². The number of carbonyl (C=O) groups excluding carboxylic acids is 2. The van der Waals surface area contributed by atoms with E-state index in [-0.39, 0.29) is 17.9 Å². The first kappa shape index (κ1) is 13.6. The van der Waals surface area contributed by atoms with Crippen molar-refractivity contribution >= 4 is 11.8 Å². The molecule has 2 atom stereocenters. The molecule has 6 nitrogen and oxygen atoms in total. The fraction of sp³-hybridized carbons (Fsp3) is 0.615. The van der Waals surface area contributed by atoms with Crippen molar-refractivity contribution in [2.24, 2.45) is 7.05 Å². The van der Waals surface area contributed by atoms with E-state index in [1.807, 2.05) is 20.0 Å². The minimum Gasteiger partial charge on any atom is -0.343 e. The average Bonchev–Trinajstić information content (AvgIpc) is 2.77. The lowest BCUT2D eigenvalue weighted by atomic mass is 10.1. The van der Waals surface area contributed by atoms with E-state index in [4.69, 9.17) is 0 Å². The molecule has 6 heteroatoms. The van der Waals surface area contributed by atoms with Gasteiger partial charge in [-0.15, -0.1) is 0 Å². The summed E-state index contributed by atoms with van der Waals surface area (Å²) in [5, 5.41) is 6.82. The molecule has 0 spiro atoms. The highest BCUT2D eigenvalue weighted by molar-refractivity contribution is 5.96. The molecular weight excluding hydrogens is 244 g/mol. The second-order valence-corrected chi connectivity index (χ2v) is 4.88. The Kier molecular flexibility index (Phi) is 3.87. The molecule has 1 fully saturated rings. The van der Waals surface area contributed by atoms with Gasteiger partial charge in [0.15, 0.2) is 0 Å². The molecule has 1 aromatic rings. The van der Waals surface area contributed by atoms with Crippen molar-refractivity contribution in [1.82, 2.24) is 20.0 Å². The first-order chi connectivity index (χ1) is 9.04. The van der Waals surface area contributed by atoms with Crippen molar-refractivity contribution < 1.29 is 9.59 Å². The maximum atomic E-state index is 12.2. The summed E-state index contributed by atoms with van der Waals surface area (Å²) in [6.07, 6.45) is 3.08. The number of hydrogen-bond donors (Lipinski definition) is 1. The fourth-order valence-electron chi connectivity index (χ4n) is 2.47. The molecule has 0 aliphatic carbocycles. The van der Waals surface area contributed by atoms with Crippen molar-refractivity contribution in [3.05, 3.63) is 18.0 Å². The zero-order valence-corrected chi connectivity index (χ0v) is 11.6. The first-order valence-electron chi connectivity index (χ1n) is 6.62. The van der Waals surface area contributed by atoms with Crippen LogP contribution in [-0.4, -0.2) is 45.1 Å². The summed E-state index contributed by atoms with van der Waals surface area (Å²) in [6, 6.07) is 1.15. The van der Waals surface area contributed by atoms with Crippen LogP contribution in [0.5, 0.6) is 0 Å². The highest BCUT2D eigenvalue weighted by Crippen LogP contribution is 2.14. The van der Waals surface area contributed by atoms with Gasteiger partial charge in [-0.2, -0.15) is 5.10 Å². The SMILES string of the molecule is CCC1C(=O)NC(C)C(=O)N1CCc1ccnn1C. The summed E-state index contributed by atoms with van der Waals surface area (Å²) in [5.41, 5.74) is 1.06. The molecule has 1 aliphatic heterocycles. The Bertz CT molecular complexity index is 483. The zero-order chi connectivity index (χ0) is 14.0. The summed E-state index contributed by atoms with van der Waals surface area (Å²) in [5.74, 6) is -0.0618. The van der Waals surface area contributed by atoms with Crippen LogP contribution in [0.25, 0.3) is 0 Å². The summed E-state index contributed by atoms with van der Waals surface area (Å²) < 4.78 is 1.79. The highest BCUT2D eigenvalue weighted by atomic mass is 16.2. The molecule has 1 N–H and O–H groups in total. The van der Waals surface area contributed by atoms with Gasteiger partial charge in [0.2, 0.25) is 11.8 Å². The van der Waals surface area contributed by atoms with Crippen molar-refractivity contribution in [3.8, 4) is 0 Å². The highest BCUT2D eigenvalue weighted by Gasteiger charge is 2.37. The van der Waals surface area contributed by atoms with Gasteiger partial charge in [0, 0.05) is 31.9 Å². The predicted molar refractivity (Wildman–Crippen MR) is 70.3 cm³/mol. The number of piperazine rings is 1. The topological polar surface area (TPSA) is 67.2 Å². The molecule has 0 saturated carbocycles. The lowest BCUT2D eigenvalue weighted by Crippen LogP contribution is -2.62. The largest absolute Gasteiger partial charge is 0.343 e. The van der Waals surface area contributed by atoms with E-state index < -0.39 is 6.04 Å². The van der Waals surface area contributed by atoms with Crippen LogP contribution in [0.4, 0.5) is 0 Å². The lowest BCUT2D eigenvalue weighted by molar-refractivity contribution is -0.148. The smallest absolute Gasteiger partial charge is 0.245 e. The molecule has 2 heterocycles. The lowest BCUT2D eigenvalue weighted by Gasteiger charge is -2.37. The van der Waals surface area contributed by atoms with Gasteiger partial charge >= 0.3 is 0 Å². The predicted octanol–water partition coefficient (Wildman–Crippen LogP) is 0.0881. The second-order valence-electron chi connectivity index (χ2n) is 4.88. The number of aromatic nitrogens is 2. The van der Waals surface area contributed by atoms with Crippen LogP contribution in [0.3, 0.4) is 0 Å². The van der Waals surface area contributed by atoms with Crippen molar-refractivity contribution in [1.29, 1.82) is 0 Å². The van der Waals surface area contributed by atoms with E-state index in [1.165, 1.54) is 0 Å². The third-order valence-corrected chi connectivity index (χ3v) is 3.61. The van der Waals surface area contributed by atoms with E-state index in [1.54, 1.807) is 22.7 Å². The number of nitrogens with one attached hydrogen (secondary N) is 1. The van der Waals surface area contributed by atoms with Crippen LogP contribution in [0.2, 0.25) is 0 Å². The summed E-state index contributed by atoms with van der Waals surface area (Å²) in [6.45, 7) is 4.20. The van der Waals surface area contributed by atoms with Crippen LogP contribution in [0.15, 0.2) is 12.3 Å². The number of amides is 2. The molecule has 2 unspecified atom stereocenters. The van der Waals surface area contributed by atoms with E-state index in [9.17, 15) is 9.59 Å². The number of rotatable bonds is 4. The minimum atomic E-state index is -0.429. The molecule has 2 amide bonds. The summed E-state index contributed by atoms with van der Waals surface area (Å²) >= 11 is 0. The number of nitrogens with zero attached hydrogens (tertiary/aromatic N) is 3. The normalized spacial score (nSPS) is 23.6. The molecule has 0 aromatic carbocycles. The molecule has 1 aromatic heterocycles. The van der Waals surface area contributed by atoms with Crippen LogP contribution in [-0.2, 0) is 23.1 Å². The summed E-state index contributed by atoms with van der Waals surface area (Å²) in [4.78, 5) is 25.8. The minimum absolute atomic E-state index is 0.00591. The van der Waals surface area contributed by atoms with Gasteiger partial charge in [-0.3, -0.25) is 14.3 Å². The Balaban J connectivity index is 2.09. The standard InChI is InChI=1S/C13H20N4O2/c1-4-11-12(18)15-9(2)13(19)17(11)8-6-10-5-7-14-16(10)3/h5,7,9,11H,4,6,8H2,1-3H3,(H,15,18). The Morgan fingerprint density at radius 1 is 1.42 bits per heavy atom. The van der Waals surface area contributed by atoms with Gasteiger partial charge in [-0.25, -0.2) is 0 Å². The van der Waals surface area contributed by atoms with E-state index in [2.05, 4.69) is 10.4 Å². The third-order valence-electron chi connectivity index (χ3n) is 3.61. The molecule has 19 heavy (non-hydrogen) atoms. The molecule has 1 aliphatic rings. The molecular formula is C13H20N4O2. The summed E-state index contributed by atoms with van der Waals surface area (Å²) in [7, 11) is 1.87. The average molecular weight is 264 g/mol. The molecule has 2 rings (SSSR count). The maximum Gasteiger partial charge on any atom is 0.245 e. The van der Waals surface area contributed by atoms with Gasteiger partial charge in [0.05, 0.1) is 0 Å². The van der Waals surface area contributed by atoms with Crippen molar-refractivity contribution in [3.63, 3.8) is 0 Å². The molecule has 1 saturated heterocycles. The van der Waals surface area contributed by atoms with Gasteiger partial charge in [0.25, 0.3) is 0 Å². The quantitative estimate of drug-likeness (QED) is 0.838. The molecule has 104 valence electrons. The number of aryl methyl sites for hydroxylation is 1. The Morgan fingerprint density at radius 2 is 2.16 bits per heavy atom. The van der Waals surface area contributed by atoms with Gasteiger partial charge in [-0.1, -0.05) is 6.92 Å².